The summed E-state index contributed by atoms with van der Waals surface area (Å²) in [5.41, 5.74) is 0.370. The Morgan fingerprint density at radius 2 is 2.08 bits per heavy atom. The van der Waals surface area contributed by atoms with E-state index in [4.69, 9.17) is 5.11 Å². The van der Waals surface area contributed by atoms with E-state index in [9.17, 15) is 14.4 Å². The van der Waals surface area contributed by atoms with Crippen molar-refractivity contribution < 1.29 is 19.5 Å². The third-order valence-corrected chi connectivity index (χ3v) is 1.74. The predicted molar refractivity (Wildman–Crippen MR) is 46.2 cm³/mol. The van der Waals surface area contributed by atoms with Gasteiger partial charge in [-0.15, -0.1) is 0 Å². The van der Waals surface area contributed by atoms with Crippen LogP contribution in [0.15, 0.2) is 11.6 Å². The van der Waals surface area contributed by atoms with Gasteiger partial charge in [-0.05, 0) is 12.5 Å². The SMILES string of the molecule is C/C=C(\C=O)C(CC=O)CC(=O)O. The van der Waals surface area contributed by atoms with Crippen molar-refractivity contribution in [2.24, 2.45) is 5.92 Å². The second kappa shape index (κ2) is 6.11. The standard InChI is InChI=1S/C9H12O4/c1-2-7(6-11)8(3-4-10)5-9(12)13/h2,4,6,8H,3,5H2,1H3,(H,12,13)/b7-2+. The van der Waals surface area contributed by atoms with Crippen LogP contribution in [-0.4, -0.2) is 23.6 Å². The summed E-state index contributed by atoms with van der Waals surface area (Å²) in [4.78, 5) is 31.0. The minimum atomic E-state index is -1.01. The number of aldehydes is 2. The van der Waals surface area contributed by atoms with Crippen molar-refractivity contribution in [2.75, 3.05) is 0 Å². The summed E-state index contributed by atoms with van der Waals surface area (Å²) >= 11 is 0. The minimum Gasteiger partial charge on any atom is -0.481 e. The average molecular weight is 184 g/mol. The number of carbonyl (C=O) groups excluding carboxylic acids is 2. The zero-order valence-electron chi connectivity index (χ0n) is 7.40. The Bertz CT molecular complexity index is 230. The van der Waals surface area contributed by atoms with E-state index in [1.807, 2.05) is 0 Å². The van der Waals surface area contributed by atoms with E-state index in [0.717, 1.165) is 0 Å². The maximum atomic E-state index is 10.5. The molecule has 1 atom stereocenters. The molecule has 0 aromatic rings. The number of hydrogen-bond donors (Lipinski definition) is 1. The summed E-state index contributed by atoms with van der Waals surface area (Å²) < 4.78 is 0. The monoisotopic (exact) mass is 184 g/mol. The van der Waals surface area contributed by atoms with Crippen LogP contribution >= 0.6 is 0 Å². The molecule has 4 nitrogen and oxygen atoms in total. The van der Waals surface area contributed by atoms with Gasteiger partial charge >= 0.3 is 5.97 Å². The lowest BCUT2D eigenvalue weighted by molar-refractivity contribution is -0.137. The fourth-order valence-electron chi connectivity index (χ4n) is 1.06. The van der Waals surface area contributed by atoms with Gasteiger partial charge < -0.3 is 9.90 Å². The molecule has 0 bridgehead atoms. The van der Waals surface area contributed by atoms with E-state index in [1.165, 1.54) is 6.08 Å². The van der Waals surface area contributed by atoms with Gasteiger partial charge in [-0.25, -0.2) is 0 Å². The summed E-state index contributed by atoms with van der Waals surface area (Å²) in [5.74, 6) is -1.49. The molecule has 4 heteroatoms. The Labute approximate surface area is 76.2 Å². The Morgan fingerprint density at radius 1 is 1.46 bits per heavy atom. The quantitative estimate of drug-likeness (QED) is 0.489. The molecule has 1 N–H and O–H groups in total. The molecular formula is C9H12O4. The number of aliphatic carboxylic acids is 1. The molecule has 0 aliphatic carbocycles. The summed E-state index contributed by atoms with van der Waals surface area (Å²) in [6.45, 7) is 1.64. The number of rotatable bonds is 6. The number of hydrogen-bond acceptors (Lipinski definition) is 3. The van der Waals surface area contributed by atoms with Crippen molar-refractivity contribution in [2.45, 2.75) is 19.8 Å². The highest BCUT2D eigenvalue weighted by molar-refractivity contribution is 5.77. The van der Waals surface area contributed by atoms with Gasteiger partial charge in [0.1, 0.15) is 12.6 Å². The van der Waals surface area contributed by atoms with Crippen LogP contribution in [0.4, 0.5) is 0 Å². The molecule has 0 aromatic carbocycles. The van der Waals surface area contributed by atoms with Crippen LogP contribution in [0.3, 0.4) is 0 Å². The van der Waals surface area contributed by atoms with Gasteiger partial charge in [0.2, 0.25) is 0 Å². The maximum Gasteiger partial charge on any atom is 0.303 e. The van der Waals surface area contributed by atoms with Crippen molar-refractivity contribution >= 4 is 18.5 Å². The predicted octanol–water partition coefficient (Wildman–Crippen LogP) is 0.811. The molecule has 0 aliphatic rings. The summed E-state index contributed by atoms with van der Waals surface area (Å²) in [6.07, 6.45) is 2.64. The first-order chi connectivity index (χ1) is 6.15. The fourth-order valence-corrected chi connectivity index (χ4v) is 1.06. The van der Waals surface area contributed by atoms with Crippen LogP contribution < -0.4 is 0 Å². The lowest BCUT2D eigenvalue weighted by atomic mass is 9.93. The zero-order valence-corrected chi connectivity index (χ0v) is 7.40. The van der Waals surface area contributed by atoms with Gasteiger partial charge in [0, 0.05) is 12.3 Å². The smallest absolute Gasteiger partial charge is 0.303 e. The molecule has 0 spiro atoms. The Kier molecular flexibility index (Phi) is 5.43. The molecule has 0 amide bonds. The first-order valence-electron chi connectivity index (χ1n) is 3.92. The van der Waals surface area contributed by atoms with Gasteiger partial charge in [-0.2, -0.15) is 0 Å². The van der Waals surface area contributed by atoms with Gasteiger partial charge in [-0.1, -0.05) is 6.08 Å². The number of carboxylic acid groups (broad SMARTS) is 1. The Hall–Kier alpha value is -1.45. The van der Waals surface area contributed by atoms with Crippen LogP contribution in [0, 0.1) is 5.92 Å². The summed E-state index contributed by atoms with van der Waals surface area (Å²) in [5, 5.41) is 8.49. The normalized spacial score (nSPS) is 13.5. The molecule has 0 aromatic heterocycles. The summed E-state index contributed by atoms with van der Waals surface area (Å²) in [6, 6.07) is 0. The van der Waals surface area contributed by atoms with E-state index in [-0.39, 0.29) is 12.8 Å². The maximum absolute atomic E-state index is 10.5. The van der Waals surface area contributed by atoms with Crippen molar-refractivity contribution in [1.29, 1.82) is 0 Å². The second-order valence-corrected chi connectivity index (χ2v) is 2.60. The third-order valence-electron chi connectivity index (χ3n) is 1.74. The minimum absolute atomic E-state index is 0.0741. The average Bonchev–Trinajstić information content (AvgIpc) is 2.05. The van der Waals surface area contributed by atoms with E-state index in [2.05, 4.69) is 0 Å². The highest BCUT2D eigenvalue weighted by Crippen LogP contribution is 2.16. The molecular weight excluding hydrogens is 172 g/mol. The number of carbonyl (C=O) groups is 3. The lowest BCUT2D eigenvalue weighted by Gasteiger charge is -2.10. The van der Waals surface area contributed by atoms with E-state index in [1.54, 1.807) is 6.92 Å². The molecule has 0 aliphatic heterocycles. The molecule has 0 fully saturated rings. The van der Waals surface area contributed by atoms with Crippen LogP contribution in [0.1, 0.15) is 19.8 Å². The highest BCUT2D eigenvalue weighted by atomic mass is 16.4. The Balaban J connectivity index is 4.47. The van der Waals surface area contributed by atoms with E-state index < -0.39 is 11.9 Å². The first kappa shape index (κ1) is 11.6. The molecule has 1 unspecified atom stereocenters. The van der Waals surface area contributed by atoms with Crippen LogP contribution in [0.5, 0.6) is 0 Å². The van der Waals surface area contributed by atoms with Crippen molar-refractivity contribution in [3.63, 3.8) is 0 Å². The fraction of sp³-hybridized carbons (Fsp3) is 0.444. The lowest BCUT2D eigenvalue weighted by Crippen LogP contribution is -2.12. The highest BCUT2D eigenvalue weighted by Gasteiger charge is 2.16. The molecule has 0 saturated carbocycles. The van der Waals surface area contributed by atoms with Gasteiger partial charge in [0.25, 0.3) is 0 Å². The van der Waals surface area contributed by atoms with Gasteiger partial charge in [0.15, 0.2) is 0 Å². The van der Waals surface area contributed by atoms with Crippen LogP contribution in [-0.2, 0) is 14.4 Å². The number of carboxylic acids is 1. The van der Waals surface area contributed by atoms with Gasteiger partial charge in [0.05, 0.1) is 6.42 Å². The molecule has 0 rings (SSSR count). The van der Waals surface area contributed by atoms with Crippen molar-refractivity contribution in [3.05, 3.63) is 11.6 Å². The molecule has 13 heavy (non-hydrogen) atoms. The first-order valence-corrected chi connectivity index (χ1v) is 3.92. The van der Waals surface area contributed by atoms with Gasteiger partial charge in [-0.3, -0.25) is 9.59 Å². The van der Waals surface area contributed by atoms with Crippen LogP contribution in [0.2, 0.25) is 0 Å². The second-order valence-electron chi connectivity index (χ2n) is 2.60. The molecule has 0 saturated heterocycles. The van der Waals surface area contributed by atoms with Crippen LogP contribution in [0.25, 0.3) is 0 Å². The largest absolute Gasteiger partial charge is 0.481 e. The zero-order chi connectivity index (χ0) is 10.3. The summed E-state index contributed by atoms with van der Waals surface area (Å²) in [7, 11) is 0. The van der Waals surface area contributed by atoms with Crippen molar-refractivity contribution in [3.8, 4) is 0 Å². The molecule has 0 heterocycles. The topological polar surface area (TPSA) is 71.4 Å². The Morgan fingerprint density at radius 3 is 2.38 bits per heavy atom. The van der Waals surface area contributed by atoms with Crippen molar-refractivity contribution in [1.82, 2.24) is 0 Å². The van der Waals surface area contributed by atoms with E-state index in [0.29, 0.717) is 18.1 Å². The van der Waals surface area contributed by atoms with E-state index >= 15 is 0 Å². The third kappa shape index (κ3) is 4.20. The molecule has 72 valence electrons. The number of allylic oxidation sites excluding steroid dienone is 2. The molecule has 0 radical (unpaired) electrons.